The molecule has 37 heavy (non-hydrogen) atoms. The van der Waals surface area contributed by atoms with Crippen molar-refractivity contribution in [3.63, 3.8) is 0 Å². The molecule has 3 heterocycles. The van der Waals surface area contributed by atoms with Gasteiger partial charge in [-0.25, -0.2) is 9.78 Å². The number of urea groups is 1. The monoisotopic (exact) mass is 511 g/mol. The van der Waals surface area contributed by atoms with E-state index in [2.05, 4.69) is 27.9 Å². The fourth-order valence-corrected chi connectivity index (χ4v) is 6.68. The number of nitrogens with zero attached hydrogens (tertiary/aromatic N) is 2. The summed E-state index contributed by atoms with van der Waals surface area (Å²) in [6.07, 6.45) is 12.4. The molecule has 0 aromatic carbocycles. The molecule has 0 radical (unpaired) electrons. The van der Waals surface area contributed by atoms with Crippen molar-refractivity contribution in [2.75, 3.05) is 30.9 Å². The maximum absolute atomic E-state index is 13.6. The van der Waals surface area contributed by atoms with Crippen molar-refractivity contribution in [2.45, 2.75) is 95.1 Å². The van der Waals surface area contributed by atoms with Gasteiger partial charge in [-0.05, 0) is 50.4 Å². The first-order chi connectivity index (χ1) is 17.9. The number of fused-ring (bicyclic) bond motifs is 2. The van der Waals surface area contributed by atoms with Gasteiger partial charge >= 0.3 is 6.03 Å². The molecule has 1 aromatic rings. The van der Waals surface area contributed by atoms with Crippen LogP contribution in [0.3, 0.4) is 0 Å². The quantitative estimate of drug-likeness (QED) is 0.549. The molecule has 1 atom stereocenters. The second kappa shape index (κ2) is 11.0. The van der Waals surface area contributed by atoms with Gasteiger partial charge in [-0.2, -0.15) is 0 Å². The number of nitrogens with one attached hydrogen (secondary N) is 3. The first kappa shape index (κ1) is 25.9. The van der Waals surface area contributed by atoms with Crippen LogP contribution in [0, 0.1) is 11.8 Å². The van der Waals surface area contributed by atoms with E-state index in [4.69, 9.17) is 4.74 Å². The molecule has 4 amide bonds. The van der Waals surface area contributed by atoms with Gasteiger partial charge in [0.2, 0.25) is 11.8 Å². The molecule has 1 spiro atoms. The second-order valence-corrected chi connectivity index (χ2v) is 11.6. The van der Waals surface area contributed by atoms with Crippen molar-refractivity contribution in [2.24, 2.45) is 11.8 Å². The molecular weight excluding hydrogens is 470 g/mol. The SMILES string of the molecule is CC1CCC(C(NC(=O)N(C)C2CCCCC2)C(=O)Nc2cc3c(cn2)C2(CCOCC2)C(=O)N3)CC1. The Hall–Kier alpha value is -2.68. The molecule has 2 saturated carbocycles. The molecule has 5 rings (SSSR count). The van der Waals surface area contributed by atoms with Crippen LogP contribution in [0.4, 0.5) is 16.3 Å². The van der Waals surface area contributed by atoms with Crippen molar-refractivity contribution < 1.29 is 19.1 Å². The molecule has 9 heteroatoms. The summed E-state index contributed by atoms with van der Waals surface area (Å²) in [7, 11) is 1.85. The fourth-order valence-electron chi connectivity index (χ4n) is 6.68. The number of ether oxygens (including phenoxy) is 1. The molecule has 0 bridgehead atoms. The highest BCUT2D eigenvalue weighted by Gasteiger charge is 2.48. The lowest BCUT2D eigenvalue weighted by Gasteiger charge is -2.36. The van der Waals surface area contributed by atoms with Gasteiger partial charge in [0.1, 0.15) is 11.9 Å². The average Bonchev–Trinajstić information content (AvgIpc) is 3.17. The molecule has 9 nitrogen and oxygen atoms in total. The van der Waals surface area contributed by atoms with E-state index in [1.807, 2.05) is 7.05 Å². The van der Waals surface area contributed by atoms with Crippen molar-refractivity contribution in [1.82, 2.24) is 15.2 Å². The summed E-state index contributed by atoms with van der Waals surface area (Å²) in [5.41, 5.74) is 0.975. The van der Waals surface area contributed by atoms with E-state index in [1.165, 1.54) is 6.42 Å². The number of pyridine rings is 1. The minimum atomic E-state index is -0.627. The number of hydrogen-bond acceptors (Lipinski definition) is 5. The van der Waals surface area contributed by atoms with E-state index in [1.54, 1.807) is 17.2 Å². The number of anilines is 2. The Morgan fingerprint density at radius 2 is 1.81 bits per heavy atom. The highest BCUT2D eigenvalue weighted by atomic mass is 16.5. The number of aromatic nitrogens is 1. The van der Waals surface area contributed by atoms with Crippen molar-refractivity contribution >= 4 is 29.4 Å². The van der Waals surface area contributed by atoms with Crippen LogP contribution < -0.4 is 16.0 Å². The predicted octanol–water partition coefficient (Wildman–Crippen LogP) is 4.19. The Morgan fingerprint density at radius 3 is 2.51 bits per heavy atom. The molecular formula is C28H41N5O4. The van der Waals surface area contributed by atoms with Gasteiger partial charge in [0, 0.05) is 44.1 Å². The van der Waals surface area contributed by atoms with E-state index < -0.39 is 11.5 Å². The van der Waals surface area contributed by atoms with E-state index >= 15 is 0 Å². The van der Waals surface area contributed by atoms with E-state index in [0.717, 1.165) is 56.9 Å². The van der Waals surface area contributed by atoms with Gasteiger partial charge in [0.25, 0.3) is 0 Å². The highest BCUT2D eigenvalue weighted by Crippen LogP contribution is 2.44. The number of amides is 4. The van der Waals surface area contributed by atoms with Gasteiger partial charge in [-0.1, -0.05) is 39.0 Å². The average molecular weight is 512 g/mol. The zero-order chi connectivity index (χ0) is 26.0. The number of hydrogen-bond donors (Lipinski definition) is 3. The first-order valence-corrected chi connectivity index (χ1v) is 14.1. The van der Waals surface area contributed by atoms with E-state index in [-0.39, 0.29) is 29.8 Å². The second-order valence-electron chi connectivity index (χ2n) is 11.6. The van der Waals surface area contributed by atoms with Gasteiger partial charge in [-0.3, -0.25) is 9.59 Å². The lowest BCUT2D eigenvalue weighted by molar-refractivity contribution is -0.124. The maximum Gasteiger partial charge on any atom is 0.318 e. The summed E-state index contributed by atoms with van der Waals surface area (Å²) in [5, 5.41) is 9.03. The number of carbonyl (C=O) groups excluding carboxylic acids is 3. The topological polar surface area (TPSA) is 113 Å². The third kappa shape index (κ3) is 5.33. The maximum atomic E-state index is 13.6. The summed E-state index contributed by atoms with van der Waals surface area (Å²) in [4.78, 5) is 46.0. The summed E-state index contributed by atoms with van der Waals surface area (Å²) in [5.74, 6) is 0.836. The zero-order valence-corrected chi connectivity index (χ0v) is 22.2. The number of rotatable bonds is 5. The Morgan fingerprint density at radius 1 is 1.11 bits per heavy atom. The smallest absolute Gasteiger partial charge is 0.318 e. The molecule has 3 fully saturated rings. The third-order valence-electron chi connectivity index (χ3n) is 9.24. The highest BCUT2D eigenvalue weighted by molar-refractivity contribution is 6.07. The summed E-state index contributed by atoms with van der Waals surface area (Å²) < 4.78 is 5.48. The van der Waals surface area contributed by atoms with Crippen LogP contribution in [0.15, 0.2) is 12.3 Å². The fraction of sp³-hybridized carbons (Fsp3) is 0.714. The van der Waals surface area contributed by atoms with Crippen LogP contribution >= 0.6 is 0 Å². The van der Waals surface area contributed by atoms with Gasteiger partial charge in [0.15, 0.2) is 0 Å². The van der Waals surface area contributed by atoms with Crippen LogP contribution in [0.25, 0.3) is 0 Å². The predicted molar refractivity (Wildman–Crippen MR) is 141 cm³/mol. The van der Waals surface area contributed by atoms with Crippen molar-refractivity contribution in [3.05, 3.63) is 17.8 Å². The van der Waals surface area contributed by atoms with Gasteiger partial charge < -0.3 is 25.6 Å². The lowest BCUT2D eigenvalue weighted by Crippen LogP contribution is -2.54. The Kier molecular flexibility index (Phi) is 7.70. The third-order valence-corrected chi connectivity index (χ3v) is 9.24. The minimum Gasteiger partial charge on any atom is -0.381 e. The lowest BCUT2D eigenvalue weighted by atomic mass is 9.76. The summed E-state index contributed by atoms with van der Waals surface area (Å²) in [6.45, 7) is 3.33. The van der Waals surface area contributed by atoms with Crippen LogP contribution in [0.2, 0.25) is 0 Å². The molecule has 2 aliphatic carbocycles. The standard InChI is InChI=1S/C28H41N5O4/c1-18-8-10-19(11-9-18)24(32-27(36)33(2)20-6-4-3-5-7-20)25(34)31-23-16-22-21(17-29-23)28(26(35)30-22)12-14-37-15-13-28/h16-20,24H,3-15H2,1-2H3,(H,30,35)(H,32,36)(H,29,31,34). The minimum absolute atomic E-state index is 0.0247. The normalized spacial score (nSPS) is 26.2. The molecule has 1 saturated heterocycles. The molecule has 202 valence electrons. The number of carbonyl (C=O) groups is 3. The summed E-state index contributed by atoms with van der Waals surface area (Å²) in [6, 6.07) is 1.16. The molecule has 3 N–H and O–H groups in total. The van der Waals surface area contributed by atoms with Gasteiger partial charge in [-0.15, -0.1) is 0 Å². The Bertz CT molecular complexity index is 1010. The van der Waals surface area contributed by atoms with Crippen LogP contribution in [-0.4, -0.2) is 60.1 Å². The molecule has 1 unspecified atom stereocenters. The first-order valence-electron chi connectivity index (χ1n) is 14.1. The van der Waals surface area contributed by atoms with Crippen LogP contribution in [-0.2, 0) is 19.7 Å². The summed E-state index contributed by atoms with van der Waals surface area (Å²) >= 11 is 0. The van der Waals surface area contributed by atoms with Crippen molar-refractivity contribution in [3.8, 4) is 0 Å². The van der Waals surface area contributed by atoms with Crippen LogP contribution in [0.1, 0.15) is 83.1 Å². The largest absolute Gasteiger partial charge is 0.381 e. The molecule has 1 aromatic heterocycles. The Labute approximate surface area is 219 Å². The van der Waals surface area contributed by atoms with E-state index in [9.17, 15) is 14.4 Å². The van der Waals surface area contributed by atoms with E-state index in [0.29, 0.717) is 43.5 Å². The van der Waals surface area contributed by atoms with Crippen LogP contribution in [0.5, 0.6) is 0 Å². The van der Waals surface area contributed by atoms with Crippen molar-refractivity contribution in [1.29, 1.82) is 0 Å². The Balaban J connectivity index is 1.31. The van der Waals surface area contributed by atoms with Gasteiger partial charge in [0.05, 0.1) is 11.1 Å². The molecule has 4 aliphatic rings. The molecule has 2 aliphatic heterocycles. The zero-order valence-electron chi connectivity index (χ0n) is 22.2.